The third kappa shape index (κ3) is 9.93. The summed E-state index contributed by atoms with van der Waals surface area (Å²) >= 11 is 0. The van der Waals surface area contributed by atoms with Crippen LogP contribution >= 0.6 is 7.82 Å². The summed E-state index contributed by atoms with van der Waals surface area (Å²) in [7, 11) is -4.78. The molecule has 29 heavy (non-hydrogen) atoms. The third-order valence-electron chi connectivity index (χ3n) is 4.35. The maximum absolute atomic E-state index is 13.4. The molecule has 5 N–H and O–H groups in total. The van der Waals surface area contributed by atoms with Crippen molar-refractivity contribution in [3.05, 3.63) is 29.3 Å². The van der Waals surface area contributed by atoms with Crippen LogP contribution in [0.3, 0.4) is 0 Å². The molecular weight excluding hydrogens is 414 g/mol. The van der Waals surface area contributed by atoms with Crippen molar-refractivity contribution in [3.63, 3.8) is 0 Å². The van der Waals surface area contributed by atoms with Crippen molar-refractivity contribution in [2.75, 3.05) is 19.8 Å². The molecular formula is C18H29F3NO6P. The molecule has 0 aromatic heterocycles. The molecule has 1 unspecified atom stereocenters. The van der Waals surface area contributed by atoms with Crippen molar-refractivity contribution < 1.29 is 41.9 Å². The first-order chi connectivity index (χ1) is 13.4. The lowest BCUT2D eigenvalue weighted by atomic mass is 9.93. The Hall–Kier alpha value is -1.16. The van der Waals surface area contributed by atoms with E-state index in [0.29, 0.717) is 12.0 Å². The van der Waals surface area contributed by atoms with Gasteiger partial charge in [-0.05, 0) is 37.0 Å². The Morgan fingerprint density at radius 2 is 1.86 bits per heavy atom. The highest BCUT2D eigenvalue weighted by Gasteiger charge is 2.35. The van der Waals surface area contributed by atoms with Crippen molar-refractivity contribution in [2.24, 2.45) is 5.73 Å². The number of rotatable bonds is 13. The van der Waals surface area contributed by atoms with Crippen LogP contribution in [0.2, 0.25) is 0 Å². The lowest BCUT2D eigenvalue weighted by Gasteiger charge is -2.27. The number of alkyl halides is 3. The number of nitrogens with two attached hydrogens (primary N) is 1. The first kappa shape index (κ1) is 25.9. The van der Waals surface area contributed by atoms with Crippen LogP contribution in [0.15, 0.2) is 18.2 Å². The number of aliphatic hydroxyl groups is 1. The third-order valence-corrected chi connectivity index (χ3v) is 4.82. The predicted octanol–water partition coefficient (Wildman–Crippen LogP) is 3.40. The summed E-state index contributed by atoms with van der Waals surface area (Å²) in [6.45, 7) is 0.933. The van der Waals surface area contributed by atoms with Crippen molar-refractivity contribution >= 4 is 7.82 Å². The van der Waals surface area contributed by atoms with E-state index in [-0.39, 0.29) is 25.2 Å². The molecule has 0 bridgehead atoms. The zero-order chi connectivity index (χ0) is 22.1. The van der Waals surface area contributed by atoms with Crippen LogP contribution in [-0.2, 0) is 21.7 Å². The van der Waals surface area contributed by atoms with Crippen LogP contribution in [0, 0.1) is 0 Å². The summed E-state index contributed by atoms with van der Waals surface area (Å²) < 4.78 is 60.6. The van der Waals surface area contributed by atoms with E-state index < -0.39 is 38.3 Å². The molecule has 1 atom stereocenters. The molecule has 0 saturated heterocycles. The van der Waals surface area contributed by atoms with Gasteiger partial charge in [-0.15, -0.1) is 0 Å². The van der Waals surface area contributed by atoms with Crippen molar-refractivity contribution in [1.82, 2.24) is 0 Å². The van der Waals surface area contributed by atoms with Gasteiger partial charge in [-0.2, -0.15) is 13.2 Å². The molecule has 0 spiro atoms. The molecule has 0 heterocycles. The summed E-state index contributed by atoms with van der Waals surface area (Å²) in [5, 5.41) is 9.39. The van der Waals surface area contributed by atoms with E-state index in [9.17, 15) is 22.8 Å². The number of hydrogen-bond acceptors (Lipinski definition) is 5. The number of aryl methyl sites for hydroxylation is 1. The first-order valence-electron chi connectivity index (χ1n) is 9.33. The summed E-state index contributed by atoms with van der Waals surface area (Å²) in [5.74, 6) is -0.247. The predicted molar refractivity (Wildman–Crippen MR) is 101 cm³/mol. The quantitative estimate of drug-likeness (QED) is 0.272. The number of ether oxygens (including phenoxy) is 1. The first-order valence-corrected chi connectivity index (χ1v) is 10.9. The fourth-order valence-electron chi connectivity index (χ4n) is 2.59. The molecule has 0 aliphatic carbocycles. The SMILES string of the molecule is CCCCCCOc1ccc(CCC(N)(CO)COP(=O)(O)O)cc1C(F)(F)F. The second kappa shape index (κ2) is 11.3. The van der Waals surface area contributed by atoms with E-state index in [2.05, 4.69) is 4.52 Å². The minimum atomic E-state index is -4.78. The number of benzene rings is 1. The van der Waals surface area contributed by atoms with Crippen molar-refractivity contribution in [3.8, 4) is 5.75 Å². The second-order valence-electron chi connectivity index (χ2n) is 7.02. The summed E-state index contributed by atoms with van der Waals surface area (Å²) in [5.41, 5.74) is 3.74. The van der Waals surface area contributed by atoms with E-state index in [0.717, 1.165) is 25.3 Å². The highest BCUT2D eigenvalue weighted by Crippen LogP contribution is 2.38. The lowest BCUT2D eigenvalue weighted by molar-refractivity contribution is -0.139. The van der Waals surface area contributed by atoms with Crippen LogP contribution in [0.1, 0.15) is 50.2 Å². The molecule has 168 valence electrons. The average Bonchev–Trinajstić information content (AvgIpc) is 2.64. The highest BCUT2D eigenvalue weighted by atomic mass is 31.2. The smallest absolute Gasteiger partial charge is 0.469 e. The van der Waals surface area contributed by atoms with E-state index in [1.165, 1.54) is 12.1 Å². The van der Waals surface area contributed by atoms with Crippen LogP contribution in [0.25, 0.3) is 0 Å². The molecule has 0 radical (unpaired) electrons. The zero-order valence-corrected chi connectivity index (χ0v) is 17.2. The molecule has 11 heteroatoms. The molecule has 7 nitrogen and oxygen atoms in total. The molecule has 0 amide bonds. The largest absolute Gasteiger partial charge is 0.493 e. The Balaban J connectivity index is 2.82. The molecule has 0 aliphatic heterocycles. The Bertz CT molecular complexity index is 682. The highest BCUT2D eigenvalue weighted by molar-refractivity contribution is 7.46. The van der Waals surface area contributed by atoms with Crippen LogP contribution in [0.4, 0.5) is 13.2 Å². The van der Waals surface area contributed by atoms with Gasteiger partial charge in [0.25, 0.3) is 0 Å². The Morgan fingerprint density at radius 1 is 1.17 bits per heavy atom. The van der Waals surface area contributed by atoms with Gasteiger partial charge >= 0.3 is 14.0 Å². The van der Waals surface area contributed by atoms with Crippen LogP contribution in [0.5, 0.6) is 5.75 Å². The van der Waals surface area contributed by atoms with E-state index in [4.69, 9.17) is 20.3 Å². The van der Waals surface area contributed by atoms with Gasteiger partial charge in [-0.3, -0.25) is 4.52 Å². The van der Waals surface area contributed by atoms with Gasteiger partial charge in [0.1, 0.15) is 5.75 Å². The monoisotopic (exact) mass is 443 g/mol. The number of aliphatic hydroxyl groups excluding tert-OH is 1. The summed E-state index contributed by atoms with van der Waals surface area (Å²) in [4.78, 5) is 17.5. The van der Waals surface area contributed by atoms with Gasteiger partial charge in [0.05, 0.1) is 30.9 Å². The topological polar surface area (TPSA) is 122 Å². The normalized spacial score (nSPS) is 14.6. The molecule has 0 aliphatic rings. The Morgan fingerprint density at radius 3 is 2.41 bits per heavy atom. The maximum Gasteiger partial charge on any atom is 0.469 e. The van der Waals surface area contributed by atoms with Gasteiger partial charge in [0, 0.05) is 0 Å². The Labute approximate surface area is 168 Å². The minimum Gasteiger partial charge on any atom is -0.493 e. The molecule has 0 fully saturated rings. The van der Waals surface area contributed by atoms with Crippen LogP contribution in [-0.4, -0.2) is 40.3 Å². The number of phosphoric acid groups is 1. The fourth-order valence-corrected chi connectivity index (χ4v) is 3.02. The minimum absolute atomic E-state index is 0.0431. The number of hydrogen-bond donors (Lipinski definition) is 4. The van der Waals surface area contributed by atoms with Gasteiger partial charge in [-0.25, -0.2) is 4.57 Å². The van der Waals surface area contributed by atoms with E-state index in [1.54, 1.807) is 0 Å². The number of unbranched alkanes of at least 4 members (excludes halogenated alkanes) is 3. The number of phosphoric ester groups is 1. The van der Waals surface area contributed by atoms with Gasteiger partial charge in [-0.1, -0.05) is 32.3 Å². The van der Waals surface area contributed by atoms with Crippen LogP contribution < -0.4 is 10.5 Å². The lowest BCUT2D eigenvalue weighted by Crippen LogP contribution is -2.48. The van der Waals surface area contributed by atoms with Gasteiger partial charge < -0.3 is 25.4 Å². The van der Waals surface area contributed by atoms with Gasteiger partial charge in [0.15, 0.2) is 0 Å². The van der Waals surface area contributed by atoms with E-state index >= 15 is 0 Å². The van der Waals surface area contributed by atoms with E-state index in [1.807, 2.05) is 6.92 Å². The molecule has 1 rings (SSSR count). The standard InChI is InChI=1S/C18H29F3NO6P/c1-2-3-4-5-10-27-16-7-6-14(11-15(16)18(19,20)21)8-9-17(22,12-23)13-28-29(24,25)26/h6-7,11,23H,2-5,8-10,12-13,22H2,1H3,(H2,24,25,26). The molecule has 1 aromatic rings. The number of halogens is 3. The van der Waals surface area contributed by atoms with Crippen molar-refractivity contribution in [2.45, 2.75) is 57.2 Å². The maximum atomic E-state index is 13.4. The average molecular weight is 443 g/mol. The van der Waals surface area contributed by atoms with Gasteiger partial charge in [0.2, 0.25) is 0 Å². The second-order valence-corrected chi connectivity index (χ2v) is 8.26. The zero-order valence-electron chi connectivity index (χ0n) is 16.3. The Kier molecular flexibility index (Phi) is 10.1. The summed E-state index contributed by atoms with van der Waals surface area (Å²) in [6, 6.07) is 3.68. The van der Waals surface area contributed by atoms with Crippen molar-refractivity contribution in [1.29, 1.82) is 0 Å². The summed E-state index contributed by atoms with van der Waals surface area (Å²) in [6.07, 6.45) is -1.05. The fraction of sp³-hybridized carbons (Fsp3) is 0.667. The molecule has 1 aromatic carbocycles. The molecule has 0 saturated carbocycles.